The lowest BCUT2D eigenvalue weighted by Crippen LogP contribution is -2.38. The molecule has 7 nitrogen and oxygen atoms in total. The van der Waals surface area contributed by atoms with Crippen LogP contribution < -0.4 is 5.32 Å². The number of aromatic nitrogens is 1. The third-order valence-corrected chi connectivity index (χ3v) is 7.12. The van der Waals surface area contributed by atoms with Gasteiger partial charge in [0.2, 0.25) is 0 Å². The van der Waals surface area contributed by atoms with Gasteiger partial charge in [-0.3, -0.25) is 0 Å². The third kappa shape index (κ3) is 3.60. The molecular weight excluding hydrogens is 314 g/mol. The Balaban J connectivity index is 2.21. The normalized spacial score (nSPS) is 21.8. The minimum Gasteiger partial charge on any atom is -0.316 e. The topological polar surface area (TPSA) is 96.4 Å². The lowest BCUT2D eigenvalue weighted by atomic mass is 10.3. The van der Waals surface area contributed by atoms with Crippen molar-refractivity contribution < 1.29 is 16.8 Å². The molecule has 0 spiro atoms. The fourth-order valence-electron chi connectivity index (χ4n) is 2.28. The van der Waals surface area contributed by atoms with Crippen molar-refractivity contribution in [1.29, 1.82) is 0 Å². The molecule has 9 heteroatoms. The number of rotatable bonds is 5. The summed E-state index contributed by atoms with van der Waals surface area (Å²) in [5, 5.41) is 2.89. The summed E-state index contributed by atoms with van der Waals surface area (Å²) in [5.74, 6) is -0.0906. The summed E-state index contributed by atoms with van der Waals surface area (Å²) in [7, 11) is -3.70. The molecule has 1 N–H and O–H groups in total. The zero-order valence-electron chi connectivity index (χ0n) is 12.0. The van der Waals surface area contributed by atoms with E-state index in [-0.39, 0.29) is 16.5 Å². The number of nitrogens with zero attached hydrogens (tertiary/aromatic N) is 2. The smallest absolute Gasteiger partial charge is 0.260 e. The molecule has 118 valence electrons. The van der Waals surface area contributed by atoms with Gasteiger partial charge >= 0.3 is 0 Å². The first-order valence-corrected chi connectivity index (χ1v) is 9.80. The van der Waals surface area contributed by atoms with E-state index in [2.05, 4.69) is 10.3 Å². The van der Waals surface area contributed by atoms with E-state index in [0.717, 1.165) is 9.87 Å². The molecule has 0 saturated carbocycles. The van der Waals surface area contributed by atoms with Crippen LogP contribution in [0.5, 0.6) is 0 Å². The zero-order chi connectivity index (χ0) is 15.7. The minimum atomic E-state index is -3.77. The van der Waals surface area contributed by atoms with E-state index >= 15 is 0 Å². The van der Waals surface area contributed by atoms with Gasteiger partial charge in [-0.05, 0) is 25.1 Å². The Hall–Kier alpha value is -1.03. The van der Waals surface area contributed by atoms with E-state index in [0.29, 0.717) is 13.0 Å². The Morgan fingerprint density at radius 3 is 2.62 bits per heavy atom. The van der Waals surface area contributed by atoms with Crippen LogP contribution in [0.3, 0.4) is 0 Å². The van der Waals surface area contributed by atoms with Gasteiger partial charge in [-0.1, -0.05) is 6.07 Å². The van der Waals surface area contributed by atoms with Crippen molar-refractivity contribution in [1.82, 2.24) is 14.6 Å². The first kappa shape index (κ1) is 16.3. The maximum absolute atomic E-state index is 12.5. The summed E-state index contributed by atoms with van der Waals surface area (Å²) < 4.78 is 49.0. The van der Waals surface area contributed by atoms with Crippen LogP contribution in [0.15, 0.2) is 23.4 Å². The van der Waals surface area contributed by atoms with Crippen molar-refractivity contribution >= 4 is 19.9 Å². The predicted molar refractivity (Wildman–Crippen MR) is 79.0 cm³/mol. The van der Waals surface area contributed by atoms with E-state index in [1.54, 1.807) is 13.1 Å². The summed E-state index contributed by atoms with van der Waals surface area (Å²) >= 11 is 0. The van der Waals surface area contributed by atoms with Gasteiger partial charge in [0, 0.05) is 25.8 Å². The largest absolute Gasteiger partial charge is 0.316 e. The first-order chi connectivity index (χ1) is 9.76. The Morgan fingerprint density at radius 2 is 2.14 bits per heavy atom. The van der Waals surface area contributed by atoms with Gasteiger partial charge in [-0.2, -0.15) is 4.31 Å². The molecule has 21 heavy (non-hydrogen) atoms. The number of nitrogens with one attached hydrogen (secondary N) is 1. The zero-order valence-corrected chi connectivity index (χ0v) is 13.6. The van der Waals surface area contributed by atoms with E-state index in [1.165, 1.54) is 19.3 Å². The first-order valence-electron chi connectivity index (χ1n) is 6.54. The molecule has 0 aromatic carbocycles. The molecule has 1 aromatic heterocycles. The van der Waals surface area contributed by atoms with Gasteiger partial charge in [-0.15, -0.1) is 0 Å². The average molecular weight is 333 g/mol. The van der Waals surface area contributed by atoms with Gasteiger partial charge in [0.15, 0.2) is 14.9 Å². The number of hydrogen-bond acceptors (Lipinski definition) is 6. The van der Waals surface area contributed by atoms with E-state index in [4.69, 9.17) is 0 Å². The SMILES string of the molecule is CNCc1ccc(S(=O)(=O)N(C)C2CCS(=O)(=O)C2)nc1. The Kier molecular flexibility index (Phi) is 4.66. The van der Waals surface area contributed by atoms with Gasteiger partial charge < -0.3 is 5.32 Å². The Labute approximate surface area is 125 Å². The van der Waals surface area contributed by atoms with Gasteiger partial charge in [0.05, 0.1) is 11.5 Å². The standard InChI is InChI=1S/C12H19N3O4S2/c1-13-7-10-3-4-12(14-8-10)21(18,19)15(2)11-5-6-20(16,17)9-11/h3-4,8,11,13H,5-7,9H2,1-2H3. The fourth-order valence-corrected chi connectivity index (χ4v) is 5.44. The van der Waals surface area contributed by atoms with Crippen molar-refractivity contribution in [2.75, 3.05) is 25.6 Å². The lowest BCUT2D eigenvalue weighted by molar-refractivity contribution is 0.392. The fraction of sp³-hybridized carbons (Fsp3) is 0.583. The maximum Gasteiger partial charge on any atom is 0.260 e. The molecule has 0 amide bonds. The van der Waals surface area contributed by atoms with E-state index in [1.807, 2.05) is 0 Å². The van der Waals surface area contributed by atoms with E-state index in [9.17, 15) is 16.8 Å². The third-order valence-electron chi connectivity index (χ3n) is 3.54. The van der Waals surface area contributed by atoms with Crippen LogP contribution in [0.1, 0.15) is 12.0 Å². The molecule has 1 aromatic rings. The molecule has 1 atom stereocenters. The molecule has 1 fully saturated rings. The van der Waals surface area contributed by atoms with Crippen molar-refractivity contribution in [3.05, 3.63) is 23.9 Å². The molecule has 1 aliphatic rings. The van der Waals surface area contributed by atoms with Gasteiger partial charge in [0.25, 0.3) is 10.0 Å². The summed E-state index contributed by atoms with van der Waals surface area (Å²) in [6.07, 6.45) is 1.83. The highest BCUT2D eigenvalue weighted by molar-refractivity contribution is 7.92. The predicted octanol–water partition coefficient (Wildman–Crippen LogP) is -0.391. The minimum absolute atomic E-state index is 0.0338. The summed E-state index contributed by atoms with van der Waals surface area (Å²) in [5.41, 5.74) is 0.877. The molecule has 1 saturated heterocycles. The van der Waals surface area contributed by atoms with Gasteiger partial charge in [0.1, 0.15) is 0 Å². The molecule has 0 radical (unpaired) electrons. The summed E-state index contributed by atoms with van der Waals surface area (Å²) in [4.78, 5) is 3.98. The number of hydrogen-bond donors (Lipinski definition) is 1. The van der Waals surface area contributed by atoms with Crippen molar-refractivity contribution in [2.45, 2.75) is 24.0 Å². The summed E-state index contributed by atoms with van der Waals surface area (Å²) in [6, 6.07) is 2.62. The van der Waals surface area contributed by atoms with Gasteiger partial charge in [-0.25, -0.2) is 21.8 Å². The second-order valence-electron chi connectivity index (χ2n) is 5.11. The lowest BCUT2D eigenvalue weighted by Gasteiger charge is -2.22. The highest BCUT2D eigenvalue weighted by Crippen LogP contribution is 2.22. The molecule has 0 aliphatic carbocycles. The molecular formula is C12H19N3O4S2. The Morgan fingerprint density at radius 1 is 1.43 bits per heavy atom. The molecule has 0 bridgehead atoms. The molecule has 1 aliphatic heterocycles. The van der Waals surface area contributed by atoms with Crippen molar-refractivity contribution in [2.24, 2.45) is 0 Å². The van der Waals surface area contributed by atoms with Crippen LogP contribution in [0.4, 0.5) is 0 Å². The van der Waals surface area contributed by atoms with Crippen LogP contribution in [-0.2, 0) is 26.4 Å². The molecule has 1 unspecified atom stereocenters. The number of pyridine rings is 1. The van der Waals surface area contributed by atoms with Crippen molar-refractivity contribution in [3.8, 4) is 0 Å². The maximum atomic E-state index is 12.5. The highest BCUT2D eigenvalue weighted by atomic mass is 32.2. The number of sulfonamides is 1. The highest BCUT2D eigenvalue weighted by Gasteiger charge is 2.36. The van der Waals surface area contributed by atoms with Crippen LogP contribution in [0.2, 0.25) is 0 Å². The second-order valence-corrected chi connectivity index (χ2v) is 9.29. The quantitative estimate of drug-likeness (QED) is 0.788. The monoisotopic (exact) mass is 333 g/mol. The van der Waals surface area contributed by atoms with Crippen molar-refractivity contribution in [3.63, 3.8) is 0 Å². The Bertz CT molecular complexity index is 699. The van der Waals surface area contributed by atoms with Crippen LogP contribution in [-0.4, -0.2) is 57.8 Å². The van der Waals surface area contributed by atoms with Crippen LogP contribution in [0, 0.1) is 0 Å². The van der Waals surface area contributed by atoms with E-state index < -0.39 is 25.9 Å². The second kappa shape index (κ2) is 5.99. The summed E-state index contributed by atoms with van der Waals surface area (Å²) in [6.45, 7) is 0.601. The van der Waals surface area contributed by atoms with Crippen LogP contribution >= 0.6 is 0 Å². The van der Waals surface area contributed by atoms with Crippen LogP contribution in [0.25, 0.3) is 0 Å². The number of sulfone groups is 1. The molecule has 2 rings (SSSR count). The molecule has 2 heterocycles. The average Bonchev–Trinajstić information content (AvgIpc) is 2.79.